The summed E-state index contributed by atoms with van der Waals surface area (Å²) < 4.78 is 39.6. The first-order valence-corrected chi connectivity index (χ1v) is 5.32. The summed E-state index contributed by atoms with van der Waals surface area (Å²) in [5.74, 6) is -2.62. The topological polar surface area (TPSA) is 26.0 Å². The SMILES string of the molecule is CC(C)CC[C@H](N)c1c(F)ccc(F)c1F. The smallest absolute Gasteiger partial charge is 0.166 e. The first-order chi connectivity index (χ1) is 7.43. The zero-order chi connectivity index (χ0) is 12.3. The summed E-state index contributed by atoms with van der Waals surface area (Å²) in [5, 5.41) is 0. The number of nitrogens with two attached hydrogens (primary N) is 1. The molecule has 0 amide bonds. The van der Waals surface area contributed by atoms with Gasteiger partial charge in [-0.15, -0.1) is 0 Å². The third-order valence-corrected chi connectivity index (χ3v) is 2.51. The Kier molecular flexibility index (Phi) is 4.35. The van der Waals surface area contributed by atoms with E-state index >= 15 is 0 Å². The highest BCUT2D eigenvalue weighted by molar-refractivity contribution is 5.24. The van der Waals surface area contributed by atoms with Gasteiger partial charge in [-0.25, -0.2) is 13.2 Å². The van der Waals surface area contributed by atoms with Gasteiger partial charge in [-0.3, -0.25) is 0 Å². The van der Waals surface area contributed by atoms with Crippen molar-refractivity contribution in [3.63, 3.8) is 0 Å². The maximum absolute atomic E-state index is 13.3. The molecule has 1 rings (SSSR count). The number of rotatable bonds is 4. The molecule has 0 aliphatic carbocycles. The first kappa shape index (κ1) is 13.0. The van der Waals surface area contributed by atoms with Crippen molar-refractivity contribution >= 4 is 0 Å². The molecule has 0 aliphatic heterocycles. The molecule has 1 atom stereocenters. The van der Waals surface area contributed by atoms with Crippen LogP contribution in [0.5, 0.6) is 0 Å². The van der Waals surface area contributed by atoms with Crippen molar-refractivity contribution in [2.24, 2.45) is 11.7 Å². The molecule has 2 N–H and O–H groups in total. The Morgan fingerprint density at radius 1 is 1.06 bits per heavy atom. The highest BCUT2D eigenvalue weighted by atomic mass is 19.2. The highest BCUT2D eigenvalue weighted by Gasteiger charge is 2.19. The van der Waals surface area contributed by atoms with Gasteiger partial charge in [-0.2, -0.15) is 0 Å². The van der Waals surface area contributed by atoms with Crippen LogP contribution in [-0.4, -0.2) is 0 Å². The fraction of sp³-hybridized carbons (Fsp3) is 0.500. The Morgan fingerprint density at radius 2 is 1.62 bits per heavy atom. The maximum Gasteiger partial charge on any atom is 0.166 e. The van der Waals surface area contributed by atoms with Crippen molar-refractivity contribution in [2.45, 2.75) is 32.7 Å². The van der Waals surface area contributed by atoms with Crippen LogP contribution in [0.3, 0.4) is 0 Å². The molecule has 1 nitrogen and oxygen atoms in total. The molecular weight excluding hydrogens is 215 g/mol. The van der Waals surface area contributed by atoms with E-state index in [1.807, 2.05) is 13.8 Å². The van der Waals surface area contributed by atoms with Crippen molar-refractivity contribution in [3.05, 3.63) is 35.1 Å². The molecule has 0 aliphatic rings. The summed E-state index contributed by atoms with van der Waals surface area (Å²) in [7, 11) is 0. The summed E-state index contributed by atoms with van der Waals surface area (Å²) >= 11 is 0. The van der Waals surface area contributed by atoms with Gasteiger partial charge in [-0.05, 0) is 30.9 Å². The van der Waals surface area contributed by atoms with E-state index in [1.165, 1.54) is 0 Å². The normalized spacial score (nSPS) is 13.2. The molecule has 1 aromatic rings. The van der Waals surface area contributed by atoms with E-state index in [-0.39, 0.29) is 5.56 Å². The number of hydrogen-bond acceptors (Lipinski definition) is 1. The standard InChI is InChI=1S/C12H16F3N/c1-7(2)3-6-10(16)11-8(13)4-5-9(14)12(11)15/h4-5,7,10H,3,6,16H2,1-2H3/t10-/m0/s1. The average Bonchev–Trinajstić information content (AvgIpc) is 2.21. The van der Waals surface area contributed by atoms with Gasteiger partial charge in [0.15, 0.2) is 11.6 Å². The van der Waals surface area contributed by atoms with E-state index in [1.54, 1.807) is 0 Å². The van der Waals surface area contributed by atoms with Gasteiger partial charge in [0.1, 0.15) is 5.82 Å². The minimum absolute atomic E-state index is 0.347. The zero-order valence-electron chi connectivity index (χ0n) is 9.43. The van der Waals surface area contributed by atoms with Crippen LogP contribution in [0.2, 0.25) is 0 Å². The van der Waals surface area contributed by atoms with E-state index in [2.05, 4.69) is 0 Å². The van der Waals surface area contributed by atoms with Crippen molar-refractivity contribution in [1.82, 2.24) is 0 Å². The van der Waals surface area contributed by atoms with Crippen molar-refractivity contribution in [3.8, 4) is 0 Å². The summed E-state index contributed by atoms with van der Waals surface area (Å²) in [6.45, 7) is 3.98. The fourth-order valence-corrected chi connectivity index (χ4v) is 1.54. The maximum atomic E-state index is 13.3. The summed E-state index contributed by atoms with van der Waals surface area (Å²) in [6.07, 6.45) is 1.19. The zero-order valence-corrected chi connectivity index (χ0v) is 9.43. The van der Waals surface area contributed by atoms with E-state index in [4.69, 9.17) is 5.73 Å². The number of hydrogen-bond donors (Lipinski definition) is 1. The summed E-state index contributed by atoms with van der Waals surface area (Å²) in [4.78, 5) is 0. The molecule has 0 bridgehead atoms. The molecule has 0 spiro atoms. The number of halogens is 3. The van der Waals surface area contributed by atoms with E-state index in [0.29, 0.717) is 12.3 Å². The largest absolute Gasteiger partial charge is 0.324 e. The highest BCUT2D eigenvalue weighted by Crippen LogP contribution is 2.25. The lowest BCUT2D eigenvalue weighted by Crippen LogP contribution is -2.16. The lowest BCUT2D eigenvalue weighted by atomic mass is 9.97. The lowest BCUT2D eigenvalue weighted by molar-refractivity contribution is 0.440. The molecule has 0 aromatic heterocycles. The minimum atomic E-state index is -1.17. The van der Waals surface area contributed by atoms with E-state index < -0.39 is 23.5 Å². The molecule has 4 heteroatoms. The molecule has 16 heavy (non-hydrogen) atoms. The van der Waals surface area contributed by atoms with Crippen LogP contribution in [-0.2, 0) is 0 Å². The molecule has 90 valence electrons. The molecule has 0 unspecified atom stereocenters. The van der Waals surface area contributed by atoms with Crippen LogP contribution in [0.4, 0.5) is 13.2 Å². The second-order valence-corrected chi connectivity index (χ2v) is 4.33. The molecule has 0 fully saturated rings. The second kappa shape index (κ2) is 5.34. The quantitative estimate of drug-likeness (QED) is 0.788. The first-order valence-electron chi connectivity index (χ1n) is 5.32. The Bertz CT molecular complexity index is 364. The van der Waals surface area contributed by atoms with Gasteiger partial charge in [0.05, 0.1) is 0 Å². The van der Waals surface area contributed by atoms with Crippen LogP contribution >= 0.6 is 0 Å². The lowest BCUT2D eigenvalue weighted by Gasteiger charge is -2.15. The van der Waals surface area contributed by atoms with E-state index in [0.717, 1.165) is 18.6 Å². The summed E-state index contributed by atoms with van der Waals surface area (Å²) in [5.41, 5.74) is 5.32. The van der Waals surface area contributed by atoms with Crippen molar-refractivity contribution < 1.29 is 13.2 Å². The third kappa shape index (κ3) is 2.98. The molecular formula is C12H16F3N. The second-order valence-electron chi connectivity index (χ2n) is 4.33. The fourth-order valence-electron chi connectivity index (χ4n) is 1.54. The third-order valence-electron chi connectivity index (χ3n) is 2.51. The molecule has 0 radical (unpaired) electrons. The Balaban J connectivity index is 2.90. The Labute approximate surface area is 93.5 Å². The van der Waals surface area contributed by atoms with Crippen molar-refractivity contribution in [1.29, 1.82) is 0 Å². The Hall–Kier alpha value is -1.03. The van der Waals surface area contributed by atoms with Crippen LogP contribution in [0.25, 0.3) is 0 Å². The van der Waals surface area contributed by atoms with Crippen LogP contribution in [0.1, 0.15) is 38.3 Å². The van der Waals surface area contributed by atoms with Gasteiger partial charge < -0.3 is 5.73 Å². The molecule has 0 saturated carbocycles. The van der Waals surface area contributed by atoms with Crippen LogP contribution in [0, 0.1) is 23.4 Å². The van der Waals surface area contributed by atoms with Crippen molar-refractivity contribution in [2.75, 3.05) is 0 Å². The van der Waals surface area contributed by atoms with Gasteiger partial charge in [0.25, 0.3) is 0 Å². The predicted molar refractivity (Wildman–Crippen MR) is 57.3 cm³/mol. The summed E-state index contributed by atoms with van der Waals surface area (Å²) in [6, 6.07) is 0.880. The molecule has 0 heterocycles. The predicted octanol–water partition coefficient (Wildman–Crippen LogP) is 3.54. The monoisotopic (exact) mass is 231 g/mol. The van der Waals surface area contributed by atoms with Gasteiger partial charge in [0, 0.05) is 11.6 Å². The van der Waals surface area contributed by atoms with Crippen LogP contribution < -0.4 is 5.73 Å². The number of benzene rings is 1. The Morgan fingerprint density at radius 3 is 2.19 bits per heavy atom. The average molecular weight is 231 g/mol. The van der Waals surface area contributed by atoms with Gasteiger partial charge in [0.2, 0.25) is 0 Å². The van der Waals surface area contributed by atoms with Gasteiger partial charge >= 0.3 is 0 Å². The van der Waals surface area contributed by atoms with Crippen LogP contribution in [0.15, 0.2) is 12.1 Å². The van der Waals surface area contributed by atoms with Gasteiger partial charge in [-0.1, -0.05) is 13.8 Å². The minimum Gasteiger partial charge on any atom is -0.324 e. The van der Waals surface area contributed by atoms with E-state index in [9.17, 15) is 13.2 Å². The molecule has 0 saturated heterocycles. The molecule has 1 aromatic carbocycles.